The number of halogens is 4. The number of amides is 1. The number of H-pyrrole nitrogens is 1. The first-order chi connectivity index (χ1) is 13.4. The Kier molecular flexibility index (Phi) is 6.95. The van der Waals surface area contributed by atoms with Crippen LogP contribution in [0.1, 0.15) is 0 Å². The molecule has 0 aliphatic heterocycles. The van der Waals surface area contributed by atoms with E-state index in [0.717, 1.165) is 23.1 Å². The molecule has 0 radical (unpaired) electrons. The van der Waals surface area contributed by atoms with Gasteiger partial charge in [0, 0.05) is 5.56 Å². The molecule has 0 saturated heterocycles. The van der Waals surface area contributed by atoms with Crippen molar-refractivity contribution in [3.05, 3.63) is 50.4 Å². The van der Waals surface area contributed by atoms with Gasteiger partial charge in [-0.05, 0) is 30.3 Å². The Hall–Kier alpha value is -1.64. The van der Waals surface area contributed by atoms with Crippen molar-refractivity contribution in [1.29, 1.82) is 0 Å². The molecule has 0 aliphatic rings. The Balaban J connectivity index is 1.63. The zero-order valence-corrected chi connectivity index (χ0v) is 18.1. The molecule has 3 aromatic rings. The first kappa shape index (κ1) is 21.1. The second-order valence-corrected chi connectivity index (χ2v) is 7.89. The largest absolute Gasteiger partial charge is 0.497 e. The van der Waals surface area contributed by atoms with Crippen molar-refractivity contribution in [2.24, 2.45) is 0 Å². The number of carbonyl (C=O) groups is 1. The Morgan fingerprint density at radius 1 is 1.14 bits per heavy atom. The van der Waals surface area contributed by atoms with Gasteiger partial charge in [-0.2, -0.15) is 0 Å². The smallest absolute Gasteiger partial charge is 0.234 e. The van der Waals surface area contributed by atoms with Crippen molar-refractivity contribution in [1.82, 2.24) is 15.2 Å². The van der Waals surface area contributed by atoms with Crippen molar-refractivity contribution >= 4 is 69.8 Å². The summed E-state index contributed by atoms with van der Waals surface area (Å²) in [5.41, 5.74) is 1.01. The Bertz CT molecular complexity index is 985. The molecule has 0 atom stereocenters. The maximum Gasteiger partial charge on any atom is 0.234 e. The molecule has 0 fully saturated rings. The fourth-order valence-electron chi connectivity index (χ4n) is 2.18. The van der Waals surface area contributed by atoms with Crippen LogP contribution in [0.15, 0.2) is 35.5 Å². The summed E-state index contributed by atoms with van der Waals surface area (Å²) >= 11 is 25.3. The van der Waals surface area contributed by atoms with Crippen LogP contribution < -0.4 is 10.1 Å². The maximum absolute atomic E-state index is 12.2. The van der Waals surface area contributed by atoms with Crippen LogP contribution in [0.3, 0.4) is 0 Å². The highest BCUT2D eigenvalue weighted by Gasteiger charge is 2.17. The normalized spacial score (nSPS) is 10.8. The van der Waals surface area contributed by atoms with E-state index in [9.17, 15) is 4.79 Å². The molecule has 2 N–H and O–H groups in total. The van der Waals surface area contributed by atoms with Crippen LogP contribution in [0.5, 0.6) is 5.75 Å². The summed E-state index contributed by atoms with van der Waals surface area (Å²) in [6.07, 6.45) is 0. The number of carbonyl (C=O) groups excluding carboxylic acids is 1. The van der Waals surface area contributed by atoms with Crippen molar-refractivity contribution in [2.45, 2.75) is 5.16 Å². The van der Waals surface area contributed by atoms with Crippen molar-refractivity contribution in [3.63, 3.8) is 0 Å². The van der Waals surface area contributed by atoms with E-state index < -0.39 is 0 Å². The van der Waals surface area contributed by atoms with Crippen LogP contribution in [0.4, 0.5) is 5.69 Å². The third kappa shape index (κ3) is 4.85. The van der Waals surface area contributed by atoms with Crippen LogP contribution >= 0.6 is 58.2 Å². The van der Waals surface area contributed by atoms with Crippen LogP contribution in [-0.2, 0) is 4.79 Å². The molecule has 2 aromatic carbocycles. The predicted molar refractivity (Wildman–Crippen MR) is 114 cm³/mol. The summed E-state index contributed by atoms with van der Waals surface area (Å²) in [4.78, 5) is 16.6. The number of methoxy groups -OCH3 is 1. The van der Waals surface area contributed by atoms with Crippen molar-refractivity contribution < 1.29 is 9.53 Å². The lowest BCUT2D eigenvalue weighted by Gasteiger charge is -2.11. The maximum atomic E-state index is 12.2. The first-order valence-corrected chi connectivity index (χ1v) is 10.2. The molecule has 6 nitrogen and oxygen atoms in total. The molecule has 3 rings (SSSR count). The minimum atomic E-state index is -0.358. The summed E-state index contributed by atoms with van der Waals surface area (Å²) in [6, 6.07) is 8.76. The molecule has 0 aliphatic carbocycles. The number of benzene rings is 2. The summed E-state index contributed by atoms with van der Waals surface area (Å²) in [5, 5.41) is 10.6. The molecule has 0 spiro atoms. The zero-order chi connectivity index (χ0) is 20.3. The minimum absolute atomic E-state index is 0.0384. The van der Waals surface area contributed by atoms with Gasteiger partial charge in [-0.25, -0.2) is 4.98 Å². The average molecular weight is 478 g/mol. The third-order valence-electron chi connectivity index (χ3n) is 3.54. The monoisotopic (exact) mass is 476 g/mol. The Morgan fingerprint density at radius 2 is 1.79 bits per heavy atom. The molecule has 0 unspecified atom stereocenters. The van der Waals surface area contributed by atoms with E-state index in [0.29, 0.717) is 11.0 Å². The number of anilines is 1. The first-order valence-electron chi connectivity index (χ1n) is 7.71. The number of aromatic amines is 1. The molecule has 1 heterocycles. The second-order valence-electron chi connectivity index (χ2n) is 5.38. The Morgan fingerprint density at radius 3 is 2.39 bits per heavy atom. The second kappa shape index (κ2) is 9.24. The van der Waals surface area contributed by atoms with E-state index in [1.807, 2.05) is 24.3 Å². The standard InChI is InChI=1S/C17H12Cl4N4O2S/c1-27-9-4-2-8(3-5-9)16-23-17(25-24-16)28-7-12(26)22-15-13(20)10(18)6-11(19)14(15)21/h2-6H,7H2,1H3,(H,22,26)(H,23,24,25). The molecule has 0 bridgehead atoms. The number of thioether (sulfide) groups is 1. The lowest BCUT2D eigenvalue weighted by atomic mass is 10.2. The quantitative estimate of drug-likeness (QED) is 0.345. The SMILES string of the molecule is COc1ccc(-c2nc(SCC(=O)Nc3c(Cl)c(Cl)cc(Cl)c3Cl)n[nH]2)cc1. The van der Waals surface area contributed by atoms with Crippen LogP contribution in [0.2, 0.25) is 20.1 Å². The number of ether oxygens (including phenoxy) is 1. The molecule has 28 heavy (non-hydrogen) atoms. The molecule has 11 heteroatoms. The van der Waals surface area contributed by atoms with Gasteiger partial charge in [0.05, 0.1) is 38.6 Å². The number of rotatable bonds is 6. The summed E-state index contributed by atoms with van der Waals surface area (Å²) < 4.78 is 5.13. The van der Waals surface area contributed by atoms with Gasteiger partial charge in [0.2, 0.25) is 11.1 Å². The number of nitrogens with one attached hydrogen (secondary N) is 2. The number of hydrogen-bond donors (Lipinski definition) is 2. The predicted octanol–water partition coefficient (Wildman–Crippen LogP) is 5.82. The van der Waals surface area contributed by atoms with Gasteiger partial charge in [0.25, 0.3) is 0 Å². The lowest BCUT2D eigenvalue weighted by molar-refractivity contribution is -0.113. The molecule has 1 aromatic heterocycles. The van der Waals surface area contributed by atoms with Crippen molar-refractivity contribution in [3.8, 4) is 17.1 Å². The van der Waals surface area contributed by atoms with Crippen molar-refractivity contribution in [2.75, 3.05) is 18.2 Å². The van der Waals surface area contributed by atoms with Gasteiger partial charge >= 0.3 is 0 Å². The van der Waals surface area contributed by atoms with E-state index >= 15 is 0 Å². The fourth-order valence-corrected chi connectivity index (χ4v) is 3.68. The van der Waals surface area contributed by atoms with Crippen LogP contribution in [0.25, 0.3) is 11.4 Å². The van der Waals surface area contributed by atoms with Gasteiger partial charge in [-0.15, -0.1) is 5.10 Å². The van der Waals surface area contributed by atoms with Gasteiger partial charge in [0.15, 0.2) is 5.82 Å². The average Bonchev–Trinajstić information content (AvgIpc) is 3.17. The minimum Gasteiger partial charge on any atom is -0.497 e. The van der Waals surface area contributed by atoms with E-state index in [4.69, 9.17) is 51.1 Å². The number of hydrogen-bond acceptors (Lipinski definition) is 5. The highest BCUT2D eigenvalue weighted by molar-refractivity contribution is 7.99. The Labute approximate surface area is 184 Å². The number of nitrogens with zero attached hydrogens (tertiary/aromatic N) is 2. The number of aromatic nitrogens is 3. The highest BCUT2D eigenvalue weighted by atomic mass is 35.5. The summed E-state index contributed by atoms with van der Waals surface area (Å²) in [5.74, 6) is 1.01. The van der Waals surface area contributed by atoms with Crippen LogP contribution in [-0.4, -0.2) is 34.0 Å². The highest BCUT2D eigenvalue weighted by Crippen LogP contribution is 2.41. The van der Waals surface area contributed by atoms with Gasteiger partial charge in [0.1, 0.15) is 5.75 Å². The summed E-state index contributed by atoms with van der Waals surface area (Å²) in [6.45, 7) is 0. The van der Waals surface area contributed by atoms with Gasteiger partial charge < -0.3 is 10.1 Å². The fraction of sp³-hybridized carbons (Fsp3) is 0.118. The van der Waals surface area contributed by atoms with Crippen LogP contribution in [0, 0.1) is 0 Å². The zero-order valence-electron chi connectivity index (χ0n) is 14.2. The molecule has 146 valence electrons. The van der Waals surface area contributed by atoms with E-state index in [1.165, 1.54) is 6.07 Å². The van der Waals surface area contributed by atoms with Gasteiger partial charge in [-0.3, -0.25) is 9.89 Å². The van der Waals surface area contributed by atoms with Gasteiger partial charge in [-0.1, -0.05) is 58.2 Å². The van der Waals surface area contributed by atoms with E-state index in [-0.39, 0.29) is 37.4 Å². The third-order valence-corrected chi connectivity index (χ3v) is 5.96. The molecular weight excluding hydrogens is 466 g/mol. The molecule has 1 amide bonds. The van der Waals surface area contributed by atoms with E-state index in [2.05, 4.69) is 20.5 Å². The lowest BCUT2D eigenvalue weighted by Crippen LogP contribution is -2.15. The molecule has 0 saturated carbocycles. The van der Waals surface area contributed by atoms with E-state index in [1.54, 1.807) is 7.11 Å². The topological polar surface area (TPSA) is 79.9 Å². The summed E-state index contributed by atoms with van der Waals surface area (Å²) in [7, 11) is 1.60. The molecular formula is C17H12Cl4N4O2S.